The summed E-state index contributed by atoms with van der Waals surface area (Å²) in [6, 6.07) is 5.68. The van der Waals surface area contributed by atoms with E-state index in [0.29, 0.717) is 11.5 Å². The molecule has 100 valence electrons. The van der Waals surface area contributed by atoms with Crippen molar-refractivity contribution < 1.29 is 13.2 Å². The van der Waals surface area contributed by atoms with E-state index >= 15 is 0 Å². The van der Waals surface area contributed by atoms with Crippen LogP contribution in [0, 0.1) is 5.92 Å². The quantitative estimate of drug-likeness (QED) is 0.854. The highest BCUT2D eigenvalue weighted by atomic mass is 19.4. The maximum atomic E-state index is 13.0. The van der Waals surface area contributed by atoms with Gasteiger partial charge in [-0.05, 0) is 31.0 Å². The summed E-state index contributed by atoms with van der Waals surface area (Å²) in [6.07, 6.45) is 0.0235. The Labute approximate surface area is 105 Å². The van der Waals surface area contributed by atoms with Gasteiger partial charge in [0.1, 0.15) is 0 Å². The molecule has 0 saturated heterocycles. The minimum absolute atomic E-state index is 0.201. The molecule has 18 heavy (non-hydrogen) atoms. The van der Waals surface area contributed by atoms with E-state index in [-0.39, 0.29) is 6.04 Å². The number of nitrogens with one attached hydrogen (secondary N) is 1. The van der Waals surface area contributed by atoms with Gasteiger partial charge in [-0.1, -0.05) is 37.5 Å². The van der Waals surface area contributed by atoms with Crippen molar-refractivity contribution in [2.75, 3.05) is 7.05 Å². The zero-order valence-electron chi connectivity index (χ0n) is 10.4. The summed E-state index contributed by atoms with van der Waals surface area (Å²) in [6.45, 7) is 0. The van der Waals surface area contributed by atoms with Gasteiger partial charge in [-0.2, -0.15) is 13.2 Å². The summed E-state index contributed by atoms with van der Waals surface area (Å²) in [4.78, 5) is 0. The second-order valence-corrected chi connectivity index (χ2v) is 4.96. The molecule has 0 amide bonds. The summed E-state index contributed by atoms with van der Waals surface area (Å²) in [7, 11) is 1.73. The van der Waals surface area contributed by atoms with Gasteiger partial charge >= 0.3 is 6.18 Å². The zero-order chi connectivity index (χ0) is 13.2. The van der Waals surface area contributed by atoms with Crippen LogP contribution >= 0.6 is 0 Å². The Morgan fingerprint density at radius 3 is 2.44 bits per heavy atom. The number of halogens is 3. The second kappa shape index (κ2) is 5.31. The van der Waals surface area contributed by atoms with Crippen LogP contribution in [-0.4, -0.2) is 7.05 Å². The predicted octanol–water partition coefficient (Wildman–Crippen LogP) is 4.16. The molecule has 0 radical (unpaired) electrons. The molecule has 4 heteroatoms. The van der Waals surface area contributed by atoms with Gasteiger partial charge in [-0.25, -0.2) is 0 Å². The standard InChI is InChI=1S/C14H18F3N/c1-18-13(9-10-5-4-6-10)11-7-2-3-8-12(11)14(15,16)17/h2-3,7-8,10,13,18H,4-6,9H2,1H3. The Kier molecular flexibility index (Phi) is 3.95. The van der Waals surface area contributed by atoms with Crippen LogP contribution in [0.1, 0.15) is 42.9 Å². The Morgan fingerprint density at radius 2 is 1.94 bits per heavy atom. The highest BCUT2D eigenvalue weighted by Gasteiger charge is 2.35. The number of hydrogen-bond acceptors (Lipinski definition) is 1. The van der Waals surface area contributed by atoms with Crippen molar-refractivity contribution in [2.45, 2.75) is 37.9 Å². The summed E-state index contributed by atoms with van der Waals surface area (Å²) in [5.41, 5.74) is -0.136. The van der Waals surface area contributed by atoms with Crippen LogP contribution in [0.2, 0.25) is 0 Å². The molecule has 2 rings (SSSR count). The highest BCUT2D eigenvalue weighted by molar-refractivity contribution is 5.32. The third-order valence-electron chi connectivity index (χ3n) is 3.78. The lowest BCUT2D eigenvalue weighted by Gasteiger charge is -2.30. The molecule has 1 saturated carbocycles. The fraction of sp³-hybridized carbons (Fsp3) is 0.571. The molecule has 1 aliphatic carbocycles. The van der Waals surface area contributed by atoms with Crippen LogP contribution in [0.3, 0.4) is 0 Å². The molecule has 1 aliphatic rings. The first-order chi connectivity index (χ1) is 8.52. The van der Waals surface area contributed by atoms with Crippen molar-refractivity contribution in [3.05, 3.63) is 35.4 Å². The summed E-state index contributed by atoms with van der Waals surface area (Å²) >= 11 is 0. The molecule has 0 aliphatic heterocycles. The average Bonchev–Trinajstić information content (AvgIpc) is 2.27. The van der Waals surface area contributed by atoms with E-state index in [2.05, 4.69) is 5.32 Å². The van der Waals surface area contributed by atoms with Gasteiger partial charge in [0.05, 0.1) is 5.56 Å². The molecular formula is C14H18F3N. The third-order valence-corrected chi connectivity index (χ3v) is 3.78. The lowest BCUT2D eigenvalue weighted by atomic mass is 9.79. The van der Waals surface area contributed by atoms with E-state index in [0.717, 1.165) is 19.3 Å². The van der Waals surface area contributed by atoms with E-state index < -0.39 is 11.7 Å². The average molecular weight is 257 g/mol. The van der Waals surface area contributed by atoms with Gasteiger partial charge in [0, 0.05) is 6.04 Å². The van der Waals surface area contributed by atoms with Crippen LogP contribution < -0.4 is 5.32 Å². The third kappa shape index (κ3) is 2.86. The first-order valence-electron chi connectivity index (χ1n) is 6.35. The maximum absolute atomic E-state index is 13.0. The van der Waals surface area contributed by atoms with Crippen molar-refractivity contribution in [3.8, 4) is 0 Å². The monoisotopic (exact) mass is 257 g/mol. The van der Waals surface area contributed by atoms with Crippen molar-refractivity contribution in [3.63, 3.8) is 0 Å². The molecule has 0 bridgehead atoms. The number of alkyl halides is 3. The Bertz CT molecular complexity index is 396. The van der Waals surface area contributed by atoms with E-state index in [1.165, 1.54) is 18.6 Å². The molecule has 1 aromatic rings. The van der Waals surface area contributed by atoms with Crippen molar-refractivity contribution >= 4 is 0 Å². The molecular weight excluding hydrogens is 239 g/mol. The molecule has 1 aromatic carbocycles. The Hall–Kier alpha value is -1.03. The lowest BCUT2D eigenvalue weighted by Crippen LogP contribution is -2.25. The summed E-state index contributed by atoms with van der Waals surface area (Å²) in [5.74, 6) is 0.573. The van der Waals surface area contributed by atoms with Crippen LogP contribution in [0.25, 0.3) is 0 Å². The van der Waals surface area contributed by atoms with Gasteiger partial charge in [-0.3, -0.25) is 0 Å². The molecule has 0 heterocycles. The minimum atomic E-state index is -4.27. The number of benzene rings is 1. The van der Waals surface area contributed by atoms with Crippen molar-refractivity contribution in [1.82, 2.24) is 5.32 Å². The van der Waals surface area contributed by atoms with Gasteiger partial charge in [0.15, 0.2) is 0 Å². The first kappa shape index (κ1) is 13.4. The van der Waals surface area contributed by atoms with Crippen LogP contribution in [0.4, 0.5) is 13.2 Å². The van der Waals surface area contributed by atoms with E-state index in [1.807, 2.05) is 0 Å². The molecule has 0 aromatic heterocycles. The maximum Gasteiger partial charge on any atom is 0.416 e. The fourth-order valence-electron chi connectivity index (χ4n) is 2.52. The van der Waals surface area contributed by atoms with Crippen LogP contribution in [-0.2, 0) is 6.18 Å². The Balaban J connectivity index is 2.23. The molecule has 1 unspecified atom stereocenters. The van der Waals surface area contributed by atoms with Gasteiger partial charge in [-0.15, -0.1) is 0 Å². The minimum Gasteiger partial charge on any atom is -0.313 e. The lowest BCUT2D eigenvalue weighted by molar-refractivity contribution is -0.138. The SMILES string of the molecule is CNC(CC1CCC1)c1ccccc1C(F)(F)F. The molecule has 1 atom stereocenters. The van der Waals surface area contributed by atoms with E-state index in [9.17, 15) is 13.2 Å². The highest BCUT2D eigenvalue weighted by Crippen LogP contribution is 2.39. The normalized spacial score (nSPS) is 18.4. The van der Waals surface area contributed by atoms with Gasteiger partial charge in [0.25, 0.3) is 0 Å². The molecule has 0 spiro atoms. The van der Waals surface area contributed by atoms with Gasteiger partial charge in [0.2, 0.25) is 0 Å². The van der Waals surface area contributed by atoms with Gasteiger partial charge < -0.3 is 5.32 Å². The summed E-state index contributed by atoms with van der Waals surface area (Å²) < 4.78 is 38.9. The second-order valence-electron chi connectivity index (χ2n) is 4.96. The van der Waals surface area contributed by atoms with Crippen molar-refractivity contribution in [2.24, 2.45) is 5.92 Å². The molecule has 1 nitrogen and oxygen atoms in total. The predicted molar refractivity (Wildman–Crippen MR) is 65.2 cm³/mol. The largest absolute Gasteiger partial charge is 0.416 e. The molecule has 1 N–H and O–H groups in total. The number of hydrogen-bond donors (Lipinski definition) is 1. The Morgan fingerprint density at radius 1 is 1.28 bits per heavy atom. The number of rotatable bonds is 4. The molecule has 1 fully saturated rings. The van der Waals surface area contributed by atoms with E-state index in [4.69, 9.17) is 0 Å². The first-order valence-corrected chi connectivity index (χ1v) is 6.35. The zero-order valence-corrected chi connectivity index (χ0v) is 10.4. The smallest absolute Gasteiger partial charge is 0.313 e. The fourth-order valence-corrected chi connectivity index (χ4v) is 2.52. The summed E-state index contributed by atoms with van der Waals surface area (Å²) in [5, 5.41) is 3.03. The van der Waals surface area contributed by atoms with Crippen LogP contribution in [0.5, 0.6) is 0 Å². The van der Waals surface area contributed by atoms with Crippen LogP contribution in [0.15, 0.2) is 24.3 Å². The topological polar surface area (TPSA) is 12.0 Å². The van der Waals surface area contributed by atoms with Crippen molar-refractivity contribution in [1.29, 1.82) is 0 Å². The van der Waals surface area contributed by atoms with E-state index in [1.54, 1.807) is 19.2 Å².